The van der Waals surface area contributed by atoms with Gasteiger partial charge in [-0.05, 0) is 85.9 Å². The molecule has 378 valence electrons. The van der Waals surface area contributed by atoms with E-state index in [0.717, 1.165) is 38.5 Å². The molecule has 0 aromatic heterocycles. The molecule has 1 fully saturated rings. The molecule has 0 unspecified atom stereocenters. The maximum absolute atomic E-state index is 11.1. The van der Waals surface area contributed by atoms with Gasteiger partial charge >= 0.3 is 0 Å². The van der Waals surface area contributed by atoms with Gasteiger partial charge < -0.3 is 40.9 Å². The Morgan fingerprint density at radius 1 is 0.175 bits per heavy atom. The zero-order valence-corrected chi connectivity index (χ0v) is 41.6. The lowest BCUT2D eigenvalue weighted by Crippen LogP contribution is -2.63. The molecule has 1 aliphatic carbocycles. The van der Waals surface area contributed by atoms with Crippen LogP contribution < -0.4 is 0 Å². The minimum Gasteiger partial charge on any atom is -0.396 e. The summed E-state index contributed by atoms with van der Waals surface area (Å²) in [5.74, 6) is 0. The van der Waals surface area contributed by atoms with Crippen molar-refractivity contribution in [2.75, 3.05) is 52.9 Å². The van der Waals surface area contributed by atoms with E-state index in [1.807, 2.05) is 0 Å². The summed E-state index contributed by atoms with van der Waals surface area (Å²) in [4.78, 5) is 0. The van der Waals surface area contributed by atoms with Gasteiger partial charge in [0.05, 0.1) is 0 Å². The molecule has 0 bridgehead atoms. The predicted octanol–water partition coefficient (Wildman–Crippen LogP) is 12.7. The zero-order chi connectivity index (χ0) is 46.1. The fraction of sp³-hybridized carbons (Fsp3) is 1.00. The standard InChI is InChI=1S/C55H110O8/c56-44-36-52(37-45-57)34-32-30-28-26-24-22-20-18-16-14-12-10-8-6-4-2-1-3-5-7-9-11-13-15-17-19-21-23-25-27-29-31-33-35-53(38-46-58,39-47-59)55(42-50-62,43-51-63)54(52,40-48-60)41-49-61/h56-63H,1-51H2. The second kappa shape index (κ2) is 40.7. The van der Waals surface area contributed by atoms with Crippen LogP contribution >= 0.6 is 0 Å². The minimum absolute atomic E-state index is 0.125. The van der Waals surface area contributed by atoms with E-state index in [9.17, 15) is 40.9 Å². The van der Waals surface area contributed by atoms with Crippen LogP contribution in [0.25, 0.3) is 0 Å². The summed E-state index contributed by atoms with van der Waals surface area (Å²) in [5.41, 5.74) is -3.29. The maximum atomic E-state index is 11.1. The Labute approximate surface area is 390 Å². The lowest BCUT2D eigenvalue weighted by atomic mass is 9.36. The highest BCUT2D eigenvalue weighted by Gasteiger charge is 2.66. The van der Waals surface area contributed by atoms with Crippen molar-refractivity contribution < 1.29 is 40.9 Å². The third-order valence-electron chi connectivity index (χ3n) is 16.8. The second-order valence-corrected chi connectivity index (χ2v) is 20.7. The fourth-order valence-electron chi connectivity index (χ4n) is 13.5. The van der Waals surface area contributed by atoms with Crippen LogP contribution in [0.5, 0.6) is 0 Å². The lowest BCUT2D eigenvalue weighted by molar-refractivity contribution is -0.220. The van der Waals surface area contributed by atoms with Crippen molar-refractivity contribution >= 4 is 0 Å². The summed E-state index contributed by atoms with van der Waals surface area (Å²) in [6.07, 6.45) is 46.4. The predicted molar refractivity (Wildman–Crippen MR) is 265 cm³/mol. The lowest BCUT2D eigenvalue weighted by Gasteiger charge is -2.68. The molecule has 63 heavy (non-hydrogen) atoms. The van der Waals surface area contributed by atoms with Gasteiger partial charge in [0.1, 0.15) is 0 Å². The van der Waals surface area contributed by atoms with Gasteiger partial charge in [0, 0.05) is 52.9 Å². The number of rotatable bonds is 16. The molecular formula is C55H110O8. The first kappa shape index (κ1) is 60.7. The van der Waals surface area contributed by atoms with Gasteiger partial charge in [0.2, 0.25) is 0 Å². The smallest absolute Gasteiger partial charge is 0.0436 e. The molecule has 0 aromatic carbocycles. The molecule has 1 rings (SSSR count). The SMILES string of the molecule is OCCC1(CCO)CCCCCCCCCCCCCCCCCCCCCCCCCCCCCCCCCCCC(CCO)(CCO)C(CCO)(CCO)C1(CCO)CCO. The van der Waals surface area contributed by atoms with Crippen LogP contribution in [0.2, 0.25) is 0 Å². The monoisotopic (exact) mass is 899 g/mol. The van der Waals surface area contributed by atoms with Crippen molar-refractivity contribution in [2.45, 2.75) is 276 Å². The van der Waals surface area contributed by atoms with Crippen molar-refractivity contribution in [2.24, 2.45) is 21.7 Å². The summed E-state index contributed by atoms with van der Waals surface area (Å²) in [6.45, 7) is -1.26. The molecule has 0 radical (unpaired) electrons. The Morgan fingerprint density at radius 2 is 0.302 bits per heavy atom. The first-order valence-electron chi connectivity index (χ1n) is 27.8. The first-order chi connectivity index (χ1) is 30.9. The Balaban J connectivity index is 3.34. The normalized spacial score (nSPS) is 22.9. The Morgan fingerprint density at radius 3 is 0.429 bits per heavy atom. The van der Waals surface area contributed by atoms with Crippen molar-refractivity contribution in [1.82, 2.24) is 0 Å². The van der Waals surface area contributed by atoms with Gasteiger partial charge in [0.15, 0.2) is 0 Å². The van der Waals surface area contributed by atoms with E-state index in [2.05, 4.69) is 0 Å². The summed E-state index contributed by atoms with van der Waals surface area (Å²) in [6, 6.07) is 0. The van der Waals surface area contributed by atoms with E-state index in [-0.39, 0.29) is 78.5 Å². The van der Waals surface area contributed by atoms with Crippen molar-refractivity contribution in [3.63, 3.8) is 0 Å². The molecule has 1 aliphatic rings. The van der Waals surface area contributed by atoms with E-state index in [1.165, 1.54) is 173 Å². The van der Waals surface area contributed by atoms with Crippen molar-refractivity contribution in [1.29, 1.82) is 0 Å². The molecule has 0 atom stereocenters. The minimum atomic E-state index is -0.918. The van der Waals surface area contributed by atoms with Crippen LogP contribution in [0.1, 0.15) is 276 Å². The van der Waals surface area contributed by atoms with Crippen molar-refractivity contribution in [3.05, 3.63) is 0 Å². The van der Waals surface area contributed by atoms with Crippen LogP contribution in [-0.4, -0.2) is 93.7 Å². The van der Waals surface area contributed by atoms with Crippen LogP contribution in [-0.2, 0) is 0 Å². The van der Waals surface area contributed by atoms with E-state index in [4.69, 9.17) is 0 Å². The first-order valence-corrected chi connectivity index (χ1v) is 27.8. The summed E-state index contributed by atoms with van der Waals surface area (Å²) in [7, 11) is 0. The van der Waals surface area contributed by atoms with E-state index < -0.39 is 21.7 Å². The molecule has 8 N–H and O–H groups in total. The summed E-state index contributed by atoms with van der Waals surface area (Å²) >= 11 is 0. The summed E-state index contributed by atoms with van der Waals surface area (Å²) < 4.78 is 0. The van der Waals surface area contributed by atoms with Gasteiger partial charge in [-0.3, -0.25) is 0 Å². The Bertz CT molecular complexity index is 863. The molecule has 1 saturated carbocycles. The number of hydrogen-bond acceptors (Lipinski definition) is 8. The number of aliphatic hydroxyl groups is 8. The van der Waals surface area contributed by atoms with Gasteiger partial charge in [-0.25, -0.2) is 0 Å². The van der Waals surface area contributed by atoms with Crippen LogP contribution in [0, 0.1) is 21.7 Å². The third-order valence-corrected chi connectivity index (χ3v) is 16.8. The third kappa shape index (κ3) is 22.6. The Hall–Kier alpha value is -0.320. The van der Waals surface area contributed by atoms with Crippen LogP contribution in [0.3, 0.4) is 0 Å². The summed E-state index contributed by atoms with van der Waals surface area (Å²) in [5, 5.41) is 87.7. The maximum Gasteiger partial charge on any atom is 0.0436 e. The molecule has 0 saturated heterocycles. The van der Waals surface area contributed by atoms with E-state index in [0.29, 0.717) is 38.5 Å². The van der Waals surface area contributed by atoms with Crippen LogP contribution in [0.15, 0.2) is 0 Å². The molecule has 0 aliphatic heterocycles. The average Bonchev–Trinajstić information content (AvgIpc) is 3.27. The van der Waals surface area contributed by atoms with Gasteiger partial charge in [-0.15, -0.1) is 0 Å². The highest BCUT2D eigenvalue weighted by Crippen LogP contribution is 2.72. The Kier molecular flexibility index (Phi) is 39.2. The molecule has 8 heteroatoms. The van der Waals surface area contributed by atoms with Crippen molar-refractivity contribution in [3.8, 4) is 0 Å². The molecule has 0 aromatic rings. The number of aliphatic hydroxyl groups excluding tert-OH is 8. The largest absolute Gasteiger partial charge is 0.396 e. The molecule has 0 heterocycles. The van der Waals surface area contributed by atoms with Gasteiger partial charge in [-0.1, -0.05) is 212 Å². The van der Waals surface area contributed by atoms with Gasteiger partial charge in [-0.2, -0.15) is 0 Å². The van der Waals surface area contributed by atoms with Gasteiger partial charge in [0.25, 0.3) is 0 Å². The number of hydrogen-bond donors (Lipinski definition) is 8. The van der Waals surface area contributed by atoms with E-state index in [1.54, 1.807) is 0 Å². The molecule has 0 amide bonds. The van der Waals surface area contributed by atoms with Crippen LogP contribution in [0.4, 0.5) is 0 Å². The quantitative estimate of drug-likeness (QED) is 0.0759. The zero-order valence-electron chi connectivity index (χ0n) is 41.6. The second-order valence-electron chi connectivity index (χ2n) is 20.7. The molecular weight excluding hydrogens is 789 g/mol. The molecule has 0 spiro atoms. The fourth-order valence-corrected chi connectivity index (χ4v) is 13.5. The molecule has 8 nitrogen and oxygen atoms in total. The highest BCUT2D eigenvalue weighted by atomic mass is 16.3. The van der Waals surface area contributed by atoms with E-state index >= 15 is 0 Å². The average molecular weight is 899 g/mol. The topological polar surface area (TPSA) is 162 Å². The highest BCUT2D eigenvalue weighted by molar-refractivity contribution is 5.14.